The van der Waals surface area contributed by atoms with Gasteiger partial charge in [0.15, 0.2) is 5.82 Å². The SMILES string of the molecule is CC1=C(C(=O)Nc2cccnc2)C(c2cccc(C)c2)n2nc(-c3ccc(Cl)cc3Cl)nc2N1. The monoisotopic (exact) mass is 490 g/mol. The van der Waals surface area contributed by atoms with E-state index >= 15 is 0 Å². The van der Waals surface area contributed by atoms with Crippen LogP contribution in [-0.2, 0) is 4.79 Å². The fraction of sp³-hybridized carbons (Fsp3) is 0.120. The van der Waals surface area contributed by atoms with E-state index in [1.807, 2.05) is 38.1 Å². The predicted octanol–water partition coefficient (Wildman–Crippen LogP) is 5.88. The number of carbonyl (C=O) groups is 1. The molecule has 7 nitrogen and oxygen atoms in total. The van der Waals surface area contributed by atoms with Gasteiger partial charge in [0.05, 0.1) is 22.5 Å². The van der Waals surface area contributed by atoms with Crippen LogP contribution < -0.4 is 10.6 Å². The van der Waals surface area contributed by atoms with Crippen molar-refractivity contribution in [1.82, 2.24) is 19.7 Å². The summed E-state index contributed by atoms with van der Waals surface area (Å²) in [7, 11) is 0. The van der Waals surface area contributed by atoms with Gasteiger partial charge >= 0.3 is 0 Å². The zero-order valence-electron chi connectivity index (χ0n) is 18.4. The van der Waals surface area contributed by atoms with Gasteiger partial charge in [0.2, 0.25) is 5.95 Å². The molecule has 0 fully saturated rings. The predicted molar refractivity (Wildman–Crippen MR) is 134 cm³/mol. The standard InChI is InChI=1S/C25H20Cl2N6O/c1-14-5-3-6-16(11-14)22-21(24(34)30-18-7-4-10-28-13-18)15(2)29-25-31-23(32-33(22)25)19-9-8-17(26)12-20(19)27/h3-13,22H,1-2H3,(H,30,34)(H,29,31,32). The Hall–Kier alpha value is -3.68. The van der Waals surface area contributed by atoms with E-state index in [9.17, 15) is 4.79 Å². The highest BCUT2D eigenvalue weighted by molar-refractivity contribution is 6.36. The summed E-state index contributed by atoms with van der Waals surface area (Å²) in [5.74, 6) is 0.697. The van der Waals surface area contributed by atoms with E-state index in [0.29, 0.717) is 44.3 Å². The number of fused-ring (bicyclic) bond motifs is 1. The number of rotatable bonds is 4. The topological polar surface area (TPSA) is 84.7 Å². The molecular weight excluding hydrogens is 471 g/mol. The smallest absolute Gasteiger partial charge is 0.255 e. The van der Waals surface area contributed by atoms with Crippen LogP contribution in [0.15, 0.2) is 78.3 Å². The molecule has 1 unspecified atom stereocenters. The van der Waals surface area contributed by atoms with Crippen LogP contribution in [0, 0.1) is 6.92 Å². The molecule has 1 atom stereocenters. The summed E-state index contributed by atoms with van der Waals surface area (Å²) < 4.78 is 1.72. The molecule has 0 aliphatic carbocycles. The lowest BCUT2D eigenvalue weighted by Crippen LogP contribution is -2.31. The van der Waals surface area contributed by atoms with E-state index in [1.165, 1.54) is 0 Å². The Balaban J connectivity index is 1.62. The van der Waals surface area contributed by atoms with Crippen molar-refractivity contribution in [2.75, 3.05) is 10.6 Å². The molecule has 2 aromatic heterocycles. The number of benzene rings is 2. The van der Waals surface area contributed by atoms with E-state index in [-0.39, 0.29) is 5.91 Å². The Morgan fingerprint density at radius 2 is 1.94 bits per heavy atom. The number of anilines is 2. The van der Waals surface area contributed by atoms with Crippen molar-refractivity contribution in [2.45, 2.75) is 19.9 Å². The first kappa shape index (κ1) is 22.1. The number of allylic oxidation sites excluding steroid dienone is 1. The molecule has 9 heteroatoms. The molecule has 4 aromatic rings. The van der Waals surface area contributed by atoms with E-state index in [1.54, 1.807) is 47.4 Å². The molecule has 0 radical (unpaired) electrons. The maximum absolute atomic E-state index is 13.5. The van der Waals surface area contributed by atoms with Crippen LogP contribution >= 0.6 is 23.2 Å². The summed E-state index contributed by atoms with van der Waals surface area (Å²) in [6.45, 7) is 3.87. The molecule has 5 rings (SSSR count). The van der Waals surface area contributed by atoms with Gasteiger partial charge < -0.3 is 10.6 Å². The molecule has 3 heterocycles. The number of aryl methyl sites for hydroxylation is 1. The Morgan fingerprint density at radius 1 is 1.09 bits per heavy atom. The molecule has 34 heavy (non-hydrogen) atoms. The molecule has 0 bridgehead atoms. The highest BCUT2D eigenvalue weighted by Gasteiger charge is 2.34. The zero-order chi connectivity index (χ0) is 23.8. The van der Waals surface area contributed by atoms with Gasteiger partial charge in [-0.2, -0.15) is 4.98 Å². The van der Waals surface area contributed by atoms with Gasteiger partial charge in [-0.05, 0) is 49.7 Å². The summed E-state index contributed by atoms with van der Waals surface area (Å²) in [4.78, 5) is 22.2. The number of nitrogens with zero attached hydrogens (tertiary/aromatic N) is 4. The third-order valence-electron chi connectivity index (χ3n) is 5.55. The van der Waals surface area contributed by atoms with Gasteiger partial charge in [0, 0.05) is 22.5 Å². The Bertz CT molecular complexity index is 1430. The van der Waals surface area contributed by atoms with Crippen molar-refractivity contribution in [3.8, 4) is 11.4 Å². The summed E-state index contributed by atoms with van der Waals surface area (Å²) in [5, 5.41) is 11.9. The third kappa shape index (κ3) is 4.16. The third-order valence-corrected chi connectivity index (χ3v) is 6.09. The second-order valence-electron chi connectivity index (χ2n) is 8.00. The van der Waals surface area contributed by atoms with Crippen molar-refractivity contribution >= 4 is 40.7 Å². The Kier molecular flexibility index (Phi) is 5.81. The molecular formula is C25H20Cl2N6O. The first-order valence-electron chi connectivity index (χ1n) is 10.6. The first-order chi connectivity index (χ1) is 16.4. The molecule has 2 aromatic carbocycles. The van der Waals surface area contributed by atoms with Crippen molar-refractivity contribution in [3.63, 3.8) is 0 Å². The lowest BCUT2D eigenvalue weighted by atomic mass is 9.94. The van der Waals surface area contributed by atoms with Gasteiger partial charge in [-0.1, -0.05) is 53.0 Å². The lowest BCUT2D eigenvalue weighted by molar-refractivity contribution is -0.113. The van der Waals surface area contributed by atoms with Crippen LogP contribution in [0.3, 0.4) is 0 Å². The fourth-order valence-electron chi connectivity index (χ4n) is 4.01. The molecule has 1 aliphatic rings. The van der Waals surface area contributed by atoms with Crippen LogP contribution in [0.25, 0.3) is 11.4 Å². The molecule has 0 spiro atoms. The van der Waals surface area contributed by atoms with Crippen LogP contribution in [0.1, 0.15) is 24.1 Å². The van der Waals surface area contributed by atoms with Crippen molar-refractivity contribution < 1.29 is 4.79 Å². The van der Waals surface area contributed by atoms with Crippen LogP contribution in [0.5, 0.6) is 0 Å². The highest BCUT2D eigenvalue weighted by Crippen LogP contribution is 2.38. The Morgan fingerprint density at radius 3 is 2.68 bits per heavy atom. The van der Waals surface area contributed by atoms with Crippen LogP contribution in [0.2, 0.25) is 10.0 Å². The highest BCUT2D eigenvalue weighted by atomic mass is 35.5. The van der Waals surface area contributed by atoms with Crippen molar-refractivity contribution in [1.29, 1.82) is 0 Å². The van der Waals surface area contributed by atoms with Crippen LogP contribution in [0.4, 0.5) is 11.6 Å². The molecule has 0 saturated carbocycles. The number of amides is 1. The maximum Gasteiger partial charge on any atom is 0.255 e. The lowest BCUT2D eigenvalue weighted by Gasteiger charge is -2.28. The molecule has 2 N–H and O–H groups in total. The second-order valence-corrected chi connectivity index (χ2v) is 8.85. The minimum atomic E-state index is -0.500. The number of aromatic nitrogens is 4. The summed E-state index contributed by atoms with van der Waals surface area (Å²) in [6.07, 6.45) is 3.26. The van der Waals surface area contributed by atoms with E-state index in [0.717, 1.165) is 11.1 Å². The number of hydrogen-bond donors (Lipinski definition) is 2. The normalized spacial score (nSPS) is 15.0. The number of halogens is 2. The molecule has 1 amide bonds. The van der Waals surface area contributed by atoms with Gasteiger partial charge in [-0.3, -0.25) is 9.78 Å². The average molecular weight is 491 g/mol. The van der Waals surface area contributed by atoms with Crippen molar-refractivity contribution in [2.24, 2.45) is 0 Å². The fourth-order valence-corrected chi connectivity index (χ4v) is 4.51. The quantitative estimate of drug-likeness (QED) is 0.372. The minimum Gasteiger partial charge on any atom is -0.328 e. The summed E-state index contributed by atoms with van der Waals surface area (Å²) >= 11 is 12.5. The largest absolute Gasteiger partial charge is 0.328 e. The second kappa shape index (κ2) is 8.93. The van der Waals surface area contributed by atoms with Gasteiger partial charge in [0.25, 0.3) is 5.91 Å². The van der Waals surface area contributed by atoms with E-state index in [4.69, 9.17) is 28.3 Å². The maximum atomic E-state index is 13.5. The summed E-state index contributed by atoms with van der Waals surface area (Å²) in [6, 6.07) is 16.2. The number of carbonyl (C=O) groups excluding carboxylic acids is 1. The molecule has 170 valence electrons. The minimum absolute atomic E-state index is 0.253. The van der Waals surface area contributed by atoms with Crippen LogP contribution in [-0.4, -0.2) is 25.7 Å². The number of pyridine rings is 1. The van der Waals surface area contributed by atoms with E-state index in [2.05, 4.69) is 20.6 Å². The van der Waals surface area contributed by atoms with Crippen molar-refractivity contribution in [3.05, 3.63) is 99.4 Å². The number of nitrogens with one attached hydrogen (secondary N) is 2. The molecule has 1 aliphatic heterocycles. The zero-order valence-corrected chi connectivity index (χ0v) is 19.9. The Labute approximate surface area is 206 Å². The average Bonchev–Trinajstić information content (AvgIpc) is 3.21. The summed E-state index contributed by atoms with van der Waals surface area (Å²) in [5.41, 5.74) is 4.45. The van der Waals surface area contributed by atoms with E-state index < -0.39 is 6.04 Å². The van der Waals surface area contributed by atoms with Gasteiger partial charge in [0.1, 0.15) is 6.04 Å². The number of hydrogen-bond acceptors (Lipinski definition) is 5. The molecule has 0 saturated heterocycles. The van der Waals surface area contributed by atoms with Gasteiger partial charge in [-0.25, -0.2) is 4.68 Å². The van der Waals surface area contributed by atoms with Gasteiger partial charge in [-0.15, -0.1) is 5.10 Å². The first-order valence-corrected chi connectivity index (χ1v) is 11.3.